The SMILES string of the molecule is COn1c(=O)c(-c2cc(NC(C)=O)ccc2Cl)cc2cnc(Nc3ccccc3)nc21. The number of nitrogens with zero attached hydrogens (tertiary/aromatic N) is 3. The van der Waals surface area contributed by atoms with Crippen LogP contribution in [0.2, 0.25) is 5.02 Å². The summed E-state index contributed by atoms with van der Waals surface area (Å²) in [6.45, 7) is 1.40. The van der Waals surface area contributed by atoms with Crippen LogP contribution in [0.15, 0.2) is 65.6 Å². The van der Waals surface area contributed by atoms with Crippen LogP contribution in [0, 0.1) is 0 Å². The van der Waals surface area contributed by atoms with E-state index in [1.165, 1.54) is 14.0 Å². The van der Waals surface area contributed by atoms with Crippen LogP contribution in [0.25, 0.3) is 22.2 Å². The summed E-state index contributed by atoms with van der Waals surface area (Å²) in [5.41, 5.74) is 1.94. The van der Waals surface area contributed by atoms with Crippen molar-refractivity contribution in [3.05, 3.63) is 76.2 Å². The van der Waals surface area contributed by atoms with Crippen LogP contribution in [-0.2, 0) is 4.79 Å². The van der Waals surface area contributed by atoms with Crippen molar-refractivity contribution in [2.75, 3.05) is 17.7 Å². The van der Waals surface area contributed by atoms with Gasteiger partial charge in [0.25, 0.3) is 5.56 Å². The molecule has 0 atom stereocenters. The van der Waals surface area contributed by atoms with Crippen molar-refractivity contribution < 1.29 is 9.63 Å². The molecule has 9 heteroatoms. The van der Waals surface area contributed by atoms with Crippen LogP contribution in [0.3, 0.4) is 0 Å². The van der Waals surface area contributed by atoms with Gasteiger partial charge in [0.15, 0.2) is 5.65 Å². The lowest BCUT2D eigenvalue weighted by Crippen LogP contribution is -2.27. The Morgan fingerprint density at radius 1 is 1.06 bits per heavy atom. The van der Waals surface area contributed by atoms with Gasteiger partial charge in [-0.15, -0.1) is 4.73 Å². The van der Waals surface area contributed by atoms with E-state index in [9.17, 15) is 9.59 Å². The van der Waals surface area contributed by atoms with Gasteiger partial charge in [-0.2, -0.15) is 4.98 Å². The van der Waals surface area contributed by atoms with Gasteiger partial charge < -0.3 is 15.5 Å². The Morgan fingerprint density at radius 3 is 2.55 bits per heavy atom. The summed E-state index contributed by atoms with van der Waals surface area (Å²) in [5.74, 6) is 0.0928. The van der Waals surface area contributed by atoms with Crippen molar-refractivity contribution in [3.63, 3.8) is 0 Å². The molecule has 0 saturated heterocycles. The second kappa shape index (κ2) is 8.45. The molecule has 0 bridgehead atoms. The number of hydrogen-bond donors (Lipinski definition) is 2. The van der Waals surface area contributed by atoms with E-state index in [1.54, 1.807) is 30.5 Å². The molecule has 0 radical (unpaired) electrons. The Balaban J connectivity index is 1.84. The van der Waals surface area contributed by atoms with Gasteiger partial charge in [-0.3, -0.25) is 9.59 Å². The molecule has 2 N–H and O–H groups in total. The molecule has 0 saturated carbocycles. The number of fused-ring (bicyclic) bond motifs is 1. The standard InChI is InChI=1S/C22H18ClN5O3/c1-13(29)25-16-8-9-19(23)17(11-16)18-10-14-12-24-22(26-15-6-4-3-5-7-15)27-20(14)28(31-2)21(18)30/h3-12H,1-2H3,(H,25,29)(H,24,26,27). The fourth-order valence-corrected chi connectivity index (χ4v) is 3.37. The van der Waals surface area contributed by atoms with E-state index in [4.69, 9.17) is 16.4 Å². The molecule has 0 spiro atoms. The van der Waals surface area contributed by atoms with E-state index < -0.39 is 5.56 Å². The van der Waals surface area contributed by atoms with Gasteiger partial charge >= 0.3 is 0 Å². The summed E-state index contributed by atoms with van der Waals surface area (Å²) >= 11 is 6.36. The zero-order valence-corrected chi connectivity index (χ0v) is 17.5. The molecule has 31 heavy (non-hydrogen) atoms. The van der Waals surface area contributed by atoms with Gasteiger partial charge in [-0.1, -0.05) is 29.8 Å². The van der Waals surface area contributed by atoms with Crippen LogP contribution in [-0.4, -0.2) is 27.7 Å². The molecule has 0 aliphatic heterocycles. The van der Waals surface area contributed by atoms with E-state index >= 15 is 0 Å². The van der Waals surface area contributed by atoms with E-state index in [0.29, 0.717) is 38.8 Å². The van der Waals surface area contributed by atoms with E-state index in [2.05, 4.69) is 20.6 Å². The van der Waals surface area contributed by atoms with Crippen molar-refractivity contribution in [3.8, 4) is 11.1 Å². The number of anilines is 3. The predicted octanol–water partition coefficient (Wildman–Crippen LogP) is 3.87. The van der Waals surface area contributed by atoms with E-state index in [0.717, 1.165) is 10.4 Å². The number of benzene rings is 2. The minimum atomic E-state index is -0.443. The largest absolute Gasteiger partial charge is 0.412 e. The minimum absolute atomic E-state index is 0.229. The van der Waals surface area contributed by atoms with Gasteiger partial charge in [-0.25, -0.2) is 4.98 Å². The van der Waals surface area contributed by atoms with Crippen LogP contribution in [0.5, 0.6) is 0 Å². The minimum Gasteiger partial charge on any atom is -0.412 e. The Labute approximate surface area is 182 Å². The van der Waals surface area contributed by atoms with Gasteiger partial charge in [-0.05, 0) is 36.4 Å². The third-order valence-corrected chi connectivity index (χ3v) is 4.82. The number of hydrogen-bond acceptors (Lipinski definition) is 6. The highest BCUT2D eigenvalue weighted by Crippen LogP contribution is 2.30. The Kier molecular flexibility index (Phi) is 5.55. The highest BCUT2D eigenvalue weighted by atomic mass is 35.5. The maximum absolute atomic E-state index is 13.2. The van der Waals surface area contributed by atoms with Crippen LogP contribution >= 0.6 is 11.6 Å². The molecule has 0 aliphatic rings. The summed E-state index contributed by atoms with van der Waals surface area (Å²) in [7, 11) is 1.38. The molecule has 0 fully saturated rings. The fourth-order valence-electron chi connectivity index (χ4n) is 3.16. The van der Waals surface area contributed by atoms with Crippen molar-refractivity contribution in [2.24, 2.45) is 0 Å². The zero-order chi connectivity index (χ0) is 22.0. The van der Waals surface area contributed by atoms with Crippen molar-refractivity contribution in [1.82, 2.24) is 14.7 Å². The first-order valence-corrected chi connectivity index (χ1v) is 9.71. The number of aromatic nitrogens is 3. The molecular weight excluding hydrogens is 418 g/mol. The molecule has 8 nitrogen and oxygen atoms in total. The number of nitrogens with one attached hydrogen (secondary N) is 2. The quantitative estimate of drug-likeness (QED) is 0.493. The van der Waals surface area contributed by atoms with Gasteiger partial charge in [0.05, 0.1) is 5.56 Å². The number of carbonyl (C=O) groups is 1. The number of halogens is 1. The maximum Gasteiger partial charge on any atom is 0.293 e. The van der Waals surface area contributed by atoms with Crippen LogP contribution < -0.4 is 21.0 Å². The third kappa shape index (κ3) is 4.19. The molecule has 1 amide bonds. The zero-order valence-electron chi connectivity index (χ0n) is 16.7. The van der Waals surface area contributed by atoms with Gasteiger partial charge in [0, 0.05) is 40.5 Å². The monoisotopic (exact) mass is 435 g/mol. The van der Waals surface area contributed by atoms with Crippen LogP contribution in [0.4, 0.5) is 17.3 Å². The Bertz CT molecular complexity index is 1340. The number of amides is 1. The average molecular weight is 436 g/mol. The summed E-state index contributed by atoms with van der Waals surface area (Å²) in [5, 5.41) is 6.72. The van der Waals surface area contributed by atoms with Crippen LogP contribution in [0.1, 0.15) is 6.92 Å². The molecule has 2 aromatic heterocycles. The Morgan fingerprint density at radius 2 is 1.84 bits per heavy atom. The smallest absolute Gasteiger partial charge is 0.293 e. The average Bonchev–Trinajstić information content (AvgIpc) is 2.75. The lowest BCUT2D eigenvalue weighted by Gasteiger charge is -2.13. The molecule has 2 aromatic carbocycles. The van der Waals surface area contributed by atoms with Gasteiger partial charge in [0.1, 0.15) is 7.11 Å². The first kappa shape index (κ1) is 20.4. The normalized spacial score (nSPS) is 10.7. The summed E-state index contributed by atoms with van der Waals surface area (Å²) in [4.78, 5) is 38.7. The third-order valence-electron chi connectivity index (χ3n) is 4.49. The topological polar surface area (TPSA) is 98.1 Å². The van der Waals surface area contributed by atoms with Crippen molar-refractivity contribution in [2.45, 2.75) is 6.92 Å². The number of para-hydroxylation sites is 1. The summed E-state index contributed by atoms with van der Waals surface area (Å²) in [6, 6.07) is 16.0. The van der Waals surface area contributed by atoms with Crippen molar-refractivity contribution >= 4 is 45.9 Å². The molecular formula is C22H18ClN5O3. The second-order valence-corrected chi connectivity index (χ2v) is 7.09. The fraction of sp³-hybridized carbons (Fsp3) is 0.0909. The summed E-state index contributed by atoms with van der Waals surface area (Å²) in [6.07, 6.45) is 1.59. The van der Waals surface area contributed by atoms with E-state index in [-0.39, 0.29) is 5.91 Å². The molecule has 0 unspecified atom stereocenters. The molecule has 156 valence electrons. The first-order chi connectivity index (χ1) is 15.0. The number of rotatable bonds is 5. The highest BCUT2D eigenvalue weighted by Gasteiger charge is 2.17. The van der Waals surface area contributed by atoms with E-state index in [1.807, 2.05) is 30.3 Å². The van der Waals surface area contributed by atoms with Gasteiger partial charge in [0.2, 0.25) is 11.9 Å². The lowest BCUT2D eigenvalue weighted by molar-refractivity contribution is -0.114. The summed E-state index contributed by atoms with van der Waals surface area (Å²) < 4.78 is 1.09. The Hall–Kier alpha value is -3.91. The lowest BCUT2D eigenvalue weighted by atomic mass is 10.1. The number of carbonyl (C=O) groups excluding carboxylic acids is 1. The highest BCUT2D eigenvalue weighted by molar-refractivity contribution is 6.33. The second-order valence-electron chi connectivity index (χ2n) is 6.68. The van der Waals surface area contributed by atoms with Crippen molar-refractivity contribution in [1.29, 1.82) is 0 Å². The molecule has 4 aromatic rings. The molecule has 0 aliphatic carbocycles. The first-order valence-electron chi connectivity index (χ1n) is 9.33. The molecule has 4 rings (SSSR count). The number of pyridine rings is 1. The maximum atomic E-state index is 13.2. The molecule has 2 heterocycles. The predicted molar refractivity (Wildman–Crippen MR) is 121 cm³/mol.